The van der Waals surface area contributed by atoms with E-state index >= 15 is 0 Å². The molecule has 1 aromatic heterocycles. The molecule has 0 radical (unpaired) electrons. The Labute approximate surface area is 84.2 Å². The fourth-order valence-electron chi connectivity index (χ4n) is 1.29. The predicted molar refractivity (Wildman–Crippen MR) is 57.9 cm³/mol. The van der Waals surface area contributed by atoms with Crippen LogP contribution in [0.4, 0.5) is 0 Å². The second-order valence-electron chi connectivity index (χ2n) is 4.70. The van der Waals surface area contributed by atoms with Gasteiger partial charge in [0.15, 0.2) is 0 Å². The van der Waals surface area contributed by atoms with Gasteiger partial charge in [-0.1, -0.05) is 20.8 Å². The van der Waals surface area contributed by atoms with Crippen molar-refractivity contribution >= 4 is 11.3 Å². The Morgan fingerprint density at radius 2 is 2.15 bits per heavy atom. The van der Waals surface area contributed by atoms with E-state index in [1.807, 2.05) is 6.92 Å². The van der Waals surface area contributed by atoms with Crippen molar-refractivity contribution in [1.82, 2.24) is 4.98 Å². The van der Waals surface area contributed by atoms with Crippen LogP contribution in [0.15, 0.2) is 5.38 Å². The van der Waals surface area contributed by atoms with Crippen molar-refractivity contribution in [2.75, 3.05) is 0 Å². The summed E-state index contributed by atoms with van der Waals surface area (Å²) in [5.41, 5.74) is 7.39. The van der Waals surface area contributed by atoms with E-state index in [0.717, 1.165) is 17.1 Å². The molecule has 0 aliphatic carbocycles. The molecule has 1 atom stereocenters. The largest absolute Gasteiger partial charge is 0.322 e. The average molecular weight is 198 g/mol. The summed E-state index contributed by atoms with van der Waals surface area (Å²) < 4.78 is 0. The van der Waals surface area contributed by atoms with Crippen molar-refractivity contribution < 1.29 is 0 Å². The average Bonchev–Trinajstić information content (AvgIpc) is 2.31. The van der Waals surface area contributed by atoms with Gasteiger partial charge in [0.05, 0.1) is 6.04 Å². The Balaban J connectivity index is 2.64. The Bertz CT molecular complexity index is 273. The minimum Gasteiger partial charge on any atom is -0.322 e. The maximum atomic E-state index is 6.04. The monoisotopic (exact) mass is 198 g/mol. The number of nitrogens with zero attached hydrogens (tertiary/aromatic N) is 1. The molecular formula is C10H18N2S. The zero-order chi connectivity index (χ0) is 10.1. The molecule has 0 amide bonds. The van der Waals surface area contributed by atoms with Gasteiger partial charge in [-0.05, 0) is 18.8 Å². The number of rotatable bonds is 2. The van der Waals surface area contributed by atoms with E-state index in [0.29, 0.717) is 0 Å². The fraction of sp³-hybridized carbons (Fsp3) is 0.700. The van der Waals surface area contributed by atoms with Crippen LogP contribution in [-0.2, 0) is 0 Å². The summed E-state index contributed by atoms with van der Waals surface area (Å²) in [6, 6.07) is 0.0960. The SMILES string of the molecule is Cc1csc(C(N)CC(C)(C)C)n1. The van der Waals surface area contributed by atoms with Crippen LogP contribution in [0.25, 0.3) is 0 Å². The molecule has 0 saturated carbocycles. The summed E-state index contributed by atoms with van der Waals surface area (Å²) in [6.45, 7) is 8.61. The molecule has 1 aromatic rings. The van der Waals surface area contributed by atoms with Crippen molar-refractivity contribution in [3.8, 4) is 0 Å². The highest BCUT2D eigenvalue weighted by molar-refractivity contribution is 7.09. The molecule has 0 aromatic carbocycles. The van der Waals surface area contributed by atoms with Gasteiger partial charge in [0, 0.05) is 11.1 Å². The zero-order valence-corrected chi connectivity index (χ0v) is 9.61. The van der Waals surface area contributed by atoms with E-state index in [2.05, 4.69) is 31.1 Å². The van der Waals surface area contributed by atoms with Crippen molar-refractivity contribution in [2.45, 2.75) is 40.2 Å². The first-order valence-electron chi connectivity index (χ1n) is 4.56. The molecule has 0 saturated heterocycles. The van der Waals surface area contributed by atoms with Crippen LogP contribution in [0, 0.1) is 12.3 Å². The molecule has 0 aliphatic rings. The van der Waals surface area contributed by atoms with E-state index in [9.17, 15) is 0 Å². The van der Waals surface area contributed by atoms with E-state index in [1.54, 1.807) is 11.3 Å². The second-order valence-corrected chi connectivity index (χ2v) is 5.59. The molecule has 0 fully saturated rings. The van der Waals surface area contributed by atoms with E-state index in [4.69, 9.17) is 5.73 Å². The zero-order valence-electron chi connectivity index (χ0n) is 8.79. The number of thiazole rings is 1. The van der Waals surface area contributed by atoms with E-state index < -0.39 is 0 Å². The Morgan fingerprint density at radius 3 is 2.54 bits per heavy atom. The first-order chi connectivity index (χ1) is 5.88. The number of nitrogens with two attached hydrogens (primary N) is 1. The van der Waals surface area contributed by atoms with Crippen LogP contribution < -0.4 is 5.73 Å². The summed E-state index contributed by atoms with van der Waals surface area (Å²) in [5, 5.41) is 3.12. The molecule has 0 bridgehead atoms. The minimum absolute atomic E-state index is 0.0960. The van der Waals surface area contributed by atoms with Crippen molar-refractivity contribution in [3.05, 3.63) is 16.1 Å². The van der Waals surface area contributed by atoms with Crippen LogP contribution in [0.5, 0.6) is 0 Å². The molecule has 0 spiro atoms. The summed E-state index contributed by atoms with van der Waals surface area (Å²) >= 11 is 1.66. The maximum Gasteiger partial charge on any atom is 0.110 e. The van der Waals surface area contributed by atoms with Crippen LogP contribution in [0.3, 0.4) is 0 Å². The summed E-state index contributed by atoms with van der Waals surface area (Å²) in [5.74, 6) is 0. The lowest BCUT2D eigenvalue weighted by molar-refractivity contribution is 0.342. The van der Waals surface area contributed by atoms with Crippen LogP contribution in [0.2, 0.25) is 0 Å². The van der Waals surface area contributed by atoms with Crippen LogP contribution in [-0.4, -0.2) is 4.98 Å². The Morgan fingerprint density at radius 1 is 1.54 bits per heavy atom. The molecule has 13 heavy (non-hydrogen) atoms. The Kier molecular flexibility index (Phi) is 3.09. The fourth-order valence-corrected chi connectivity index (χ4v) is 2.09. The molecule has 0 aliphatic heterocycles. The number of hydrogen-bond acceptors (Lipinski definition) is 3. The highest BCUT2D eigenvalue weighted by Gasteiger charge is 2.18. The van der Waals surface area contributed by atoms with Crippen molar-refractivity contribution in [1.29, 1.82) is 0 Å². The molecule has 1 rings (SSSR count). The van der Waals surface area contributed by atoms with Gasteiger partial charge < -0.3 is 5.73 Å². The molecule has 1 heterocycles. The predicted octanol–water partition coefficient (Wildman–Crippen LogP) is 2.89. The van der Waals surface area contributed by atoms with Crippen molar-refractivity contribution in [2.24, 2.45) is 11.1 Å². The smallest absolute Gasteiger partial charge is 0.110 e. The van der Waals surface area contributed by atoms with Crippen molar-refractivity contribution in [3.63, 3.8) is 0 Å². The number of aromatic nitrogens is 1. The van der Waals surface area contributed by atoms with Gasteiger partial charge in [0.25, 0.3) is 0 Å². The molecule has 74 valence electrons. The topological polar surface area (TPSA) is 38.9 Å². The van der Waals surface area contributed by atoms with Gasteiger partial charge in [-0.15, -0.1) is 11.3 Å². The molecular weight excluding hydrogens is 180 g/mol. The third-order valence-electron chi connectivity index (χ3n) is 1.79. The molecule has 2 nitrogen and oxygen atoms in total. The van der Waals surface area contributed by atoms with Gasteiger partial charge >= 0.3 is 0 Å². The van der Waals surface area contributed by atoms with Crippen LogP contribution in [0.1, 0.15) is 43.9 Å². The lowest BCUT2D eigenvalue weighted by Gasteiger charge is -2.21. The highest BCUT2D eigenvalue weighted by Crippen LogP contribution is 2.28. The first kappa shape index (κ1) is 10.7. The number of hydrogen-bond donors (Lipinski definition) is 1. The normalized spacial score (nSPS) is 14.5. The molecule has 3 heteroatoms. The summed E-state index contributed by atoms with van der Waals surface area (Å²) in [7, 11) is 0. The minimum atomic E-state index is 0.0960. The first-order valence-corrected chi connectivity index (χ1v) is 5.44. The standard InChI is InChI=1S/C10H18N2S/c1-7-6-13-9(12-7)8(11)5-10(2,3)4/h6,8H,5,11H2,1-4H3. The van der Waals surface area contributed by atoms with E-state index in [-0.39, 0.29) is 11.5 Å². The third kappa shape index (κ3) is 3.44. The van der Waals surface area contributed by atoms with Gasteiger partial charge in [0.2, 0.25) is 0 Å². The maximum absolute atomic E-state index is 6.04. The van der Waals surface area contributed by atoms with Gasteiger partial charge in [-0.25, -0.2) is 4.98 Å². The highest BCUT2D eigenvalue weighted by atomic mass is 32.1. The quantitative estimate of drug-likeness (QED) is 0.793. The lowest BCUT2D eigenvalue weighted by atomic mass is 9.88. The van der Waals surface area contributed by atoms with Gasteiger partial charge in [-0.3, -0.25) is 0 Å². The van der Waals surface area contributed by atoms with Gasteiger partial charge in [0.1, 0.15) is 5.01 Å². The number of aryl methyl sites for hydroxylation is 1. The van der Waals surface area contributed by atoms with Crippen LogP contribution >= 0.6 is 11.3 Å². The second kappa shape index (κ2) is 3.76. The van der Waals surface area contributed by atoms with Gasteiger partial charge in [-0.2, -0.15) is 0 Å². The third-order valence-corrected chi connectivity index (χ3v) is 2.88. The molecule has 1 unspecified atom stereocenters. The Hall–Kier alpha value is -0.410. The van der Waals surface area contributed by atoms with E-state index in [1.165, 1.54) is 0 Å². The summed E-state index contributed by atoms with van der Waals surface area (Å²) in [4.78, 5) is 4.39. The lowest BCUT2D eigenvalue weighted by Crippen LogP contribution is -2.18. The molecule has 2 N–H and O–H groups in total. The summed E-state index contributed by atoms with van der Waals surface area (Å²) in [6.07, 6.45) is 0.986.